The summed E-state index contributed by atoms with van der Waals surface area (Å²) in [6.07, 6.45) is 2.87. The van der Waals surface area contributed by atoms with Crippen LogP contribution >= 0.6 is 35.1 Å². The second-order valence-electron chi connectivity index (χ2n) is 5.84. The smallest absolute Gasteiger partial charge is 0.190 e. The van der Waals surface area contributed by atoms with Crippen molar-refractivity contribution in [2.45, 2.75) is 35.7 Å². The molecule has 0 aliphatic carbocycles. The molecule has 22 heavy (non-hydrogen) atoms. The molecule has 1 aliphatic heterocycles. The summed E-state index contributed by atoms with van der Waals surface area (Å²) in [7, 11) is 0. The Labute approximate surface area is 143 Å². The topological polar surface area (TPSA) is 64.7 Å². The number of nitrogens with zero attached hydrogens (tertiary/aromatic N) is 3. The van der Waals surface area contributed by atoms with Crippen LogP contribution in [-0.2, 0) is 11.8 Å². The maximum Gasteiger partial charge on any atom is 0.190 e. The van der Waals surface area contributed by atoms with Crippen molar-refractivity contribution in [1.82, 2.24) is 15.0 Å². The molecular weight excluding hydrogens is 336 g/mol. The molecular formula is C15H17ClN4S2. The SMILES string of the molecule is CC1(C)CSc2cnc(CCSc3nc(N)cc(Cl)n3)cc21. The normalized spacial score (nSPS) is 15.8. The number of nitrogens with two attached hydrogens (primary N) is 1. The van der Waals surface area contributed by atoms with Crippen LogP contribution in [0.2, 0.25) is 5.15 Å². The zero-order valence-electron chi connectivity index (χ0n) is 12.5. The molecule has 7 heteroatoms. The van der Waals surface area contributed by atoms with Gasteiger partial charge in [-0.2, -0.15) is 0 Å². The molecule has 0 radical (unpaired) electrons. The van der Waals surface area contributed by atoms with E-state index in [-0.39, 0.29) is 5.41 Å². The summed E-state index contributed by atoms with van der Waals surface area (Å²) in [4.78, 5) is 14.2. The largest absolute Gasteiger partial charge is 0.384 e. The molecule has 0 saturated heterocycles. The lowest BCUT2D eigenvalue weighted by atomic mass is 9.87. The van der Waals surface area contributed by atoms with E-state index in [4.69, 9.17) is 17.3 Å². The summed E-state index contributed by atoms with van der Waals surface area (Å²) in [5.41, 5.74) is 8.42. The minimum absolute atomic E-state index is 0.231. The molecule has 0 saturated carbocycles. The summed E-state index contributed by atoms with van der Waals surface area (Å²) in [6.45, 7) is 4.57. The Balaban J connectivity index is 1.65. The Morgan fingerprint density at radius 2 is 2.18 bits per heavy atom. The highest BCUT2D eigenvalue weighted by Crippen LogP contribution is 2.43. The number of aryl methyl sites for hydroxylation is 1. The van der Waals surface area contributed by atoms with Crippen molar-refractivity contribution < 1.29 is 0 Å². The van der Waals surface area contributed by atoms with Crippen molar-refractivity contribution in [3.8, 4) is 0 Å². The zero-order chi connectivity index (χ0) is 15.7. The molecule has 0 fully saturated rings. The highest BCUT2D eigenvalue weighted by molar-refractivity contribution is 7.99. The first-order valence-electron chi connectivity index (χ1n) is 6.99. The highest BCUT2D eigenvalue weighted by Gasteiger charge is 2.30. The van der Waals surface area contributed by atoms with Crippen molar-refractivity contribution in [3.63, 3.8) is 0 Å². The number of halogens is 1. The second-order valence-corrected chi connectivity index (χ2v) is 8.31. The molecule has 0 unspecified atom stereocenters. The van der Waals surface area contributed by atoms with E-state index >= 15 is 0 Å². The Bertz CT molecular complexity index is 686. The molecule has 1 aliphatic rings. The lowest BCUT2D eigenvalue weighted by Crippen LogP contribution is -2.16. The van der Waals surface area contributed by atoms with Gasteiger partial charge >= 0.3 is 0 Å². The molecule has 2 aromatic heterocycles. The summed E-state index contributed by atoms with van der Waals surface area (Å²) >= 11 is 9.32. The van der Waals surface area contributed by atoms with Crippen LogP contribution in [0.25, 0.3) is 0 Å². The van der Waals surface area contributed by atoms with Crippen LogP contribution in [0.5, 0.6) is 0 Å². The lowest BCUT2D eigenvalue weighted by molar-refractivity contribution is 0.602. The number of aromatic nitrogens is 3. The van der Waals surface area contributed by atoms with Gasteiger partial charge in [0, 0.05) is 39.8 Å². The van der Waals surface area contributed by atoms with Gasteiger partial charge in [0.15, 0.2) is 5.16 Å². The van der Waals surface area contributed by atoms with E-state index in [1.54, 1.807) is 17.8 Å². The first kappa shape index (κ1) is 15.9. The molecule has 4 nitrogen and oxygen atoms in total. The second kappa shape index (κ2) is 6.26. The zero-order valence-corrected chi connectivity index (χ0v) is 14.9. The molecule has 3 heterocycles. The number of hydrogen-bond donors (Lipinski definition) is 1. The van der Waals surface area contributed by atoms with Gasteiger partial charge in [-0.25, -0.2) is 9.97 Å². The van der Waals surface area contributed by atoms with Gasteiger partial charge in [0.25, 0.3) is 0 Å². The van der Waals surface area contributed by atoms with E-state index in [0.29, 0.717) is 16.1 Å². The summed E-state index contributed by atoms with van der Waals surface area (Å²) < 4.78 is 0. The molecule has 0 spiro atoms. The van der Waals surface area contributed by atoms with E-state index in [1.165, 1.54) is 10.5 Å². The Morgan fingerprint density at radius 3 is 2.95 bits per heavy atom. The van der Waals surface area contributed by atoms with Crippen molar-refractivity contribution in [1.29, 1.82) is 0 Å². The molecule has 0 amide bonds. The summed E-state index contributed by atoms with van der Waals surface area (Å²) in [5, 5.41) is 0.992. The average Bonchev–Trinajstić information content (AvgIpc) is 2.74. The third-order valence-corrected chi connectivity index (χ3v) is 6.07. The average molecular weight is 353 g/mol. The fourth-order valence-electron chi connectivity index (χ4n) is 2.33. The Hall–Kier alpha value is -0.980. The van der Waals surface area contributed by atoms with Gasteiger partial charge < -0.3 is 5.73 Å². The minimum Gasteiger partial charge on any atom is -0.384 e. The predicted octanol–water partition coefficient (Wildman–Crippen LogP) is 3.83. The highest BCUT2D eigenvalue weighted by atomic mass is 35.5. The predicted molar refractivity (Wildman–Crippen MR) is 93.9 cm³/mol. The van der Waals surface area contributed by atoms with Gasteiger partial charge in [-0.05, 0) is 18.1 Å². The molecule has 3 rings (SSSR count). The third kappa shape index (κ3) is 3.50. The quantitative estimate of drug-likeness (QED) is 0.512. The molecule has 116 valence electrons. The van der Waals surface area contributed by atoms with Crippen molar-refractivity contribution in [2.24, 2.45) is 0 Å². The number of nitrogen functional groups attached to an aromatic ring is 1. The maximum absolute atomic E-state index is 5.88. The molecule has 0 bridgehead atoms. The summed E-state index contributed by atoms with van der Waals surface area (Å²) in [6, 6.07) is 3.79. The van der Waals surface area contributed by atoms with Crippen LogP contribution in [0, 0.1) is 0 Å². The number of hydrogen-bond acceptors (Lipinski definition) is 6. The fraction of sp³-hybridized carbons (Fsp3) is 0.400. The van der Waals surface area contributed by atoms with Crippen molar-refractivity contribution in [2.75, 3.05) is 17.2 Å². The Kier molecular flexibility index (Phi) is 4.52. The van der Waals surface area contributed by atoms with Crippen LogP contribution in [-0.4, -0.2) is 26.5 Å². The molecule has 2 aromatic rings. The van der Waals surface area contributed by atoms with Gasteiger partial charge in [-0.15, -0.1) is 11.8 Å². The summed E-state index contributed by atoms with van der Waals surface area (Å²) in [5.74, 6) is 2.37. The first-order valence-corrected chi connectivity index (χ1v) is 9.34. The van der Waals surface area contributed by atoms with E-state index < -0.39 is 0 Å². The third-order valence-electron chi connectivity index (χ3n) is 3.53. The van der Waals surface area contributed by atoms with Gasteiger partial charge in [0.05, 0.1) is 0 Å². The van der Waals surface area contributed by atoms with Crippen LogP contribution < -0.4 is 5.73 Å². The number of anilines is 1. The number of thioether (sulfide) groups is 2. The van der Waals surface area contributed by atoms with E-state index in [1.807, 2.05) is 18.0 Å². The number of rotatable bonds is 4. The van der Waals surface area contributed by atoms with Crippen LogP contribution in [0.3, 0.4) is 0 Å². The standard InChI is InChI=1S/C15H17ClN4S2/c1-15(2)8-22-11-7-18-9(5-10(11)15)3-4-21-14-19-12(16)6-13(17)20-14/h5-7H,3-4,8H2,1-2H3,(H2,17,19,20). The van der Waals surface area contributed by atoms with Crippen LogP contribution in [0.1, 0.15) is 25.1 Å². The fourth-order valence-corrected chi connectivity index (χ4v) is 4.69. The molecule has 0 atom stereocenters. The first-order chi connectivity index (χ1) is 10.4. The van der Waals surface area contributed by atoms with E-state index in [2.05, 4.69) is 34.9 Å². The maximum atomic E-state index is 5.88. The molecule has 0 aromatic carbocycles. The lowest BCUT2D eigenvalue weighted by Gasteiger charge is -2.18. The van der Waals surface area contributed by atoms with Crippen molar-refractivity contribution >= 4 is 40.9 Å². The van der Waals surface area contributed by atoms with E-state index in [0.717, 1.165) is 23.6 Å². The monoisotopic (exact) mass is 352 g/mol. The number of fused-ring (bicyclic) bond motifs is 1. The van der Waals surface area contributed by atoms with Gasteiger partial charge in [0.2, 0.25) is 0 Å². The van der Waals surface area contributed by atoms with Crippen LogP contribution in [0.15, 0.2) is 28.4 Å². The van der Waals surface area contributed by atoms with Crippen LogP contribution in [0.4, 0.5) is 5.82 Å². The number of pyridine rings is 1. The van der Waals surface area contributed by atoms with Gasteiger partial charge in [-0.3, -0.25) is 4.98 Å². The van der Waals surface area contributed by atoms with Gasteiger partial charge in [-0.1, -0.05) is 37.2 Å². The Morgan fingerprint density at radius 1 is 1.36 bits per heavy atom. The minimum atomic E-state index is 0.231. The van der Waals surface area contributed by atoms with E-state index in [9.17, 15) is 0 Å². The van der Waals surface area contributed by atoms with Gasteiger partial charge in [0.1, 0.15) is 11.0 Å². The van der Waals surface area contributed by atoms with Crippen molar-refractivity contribution in [3.05, 3.63) is 34.7 Å². The molecule has 2 N–H and O–H groups in total.